The summed E-state index contributed by atoms with van der Waals surface area (Å²) in [5, 5.41) is 3.36. The predicted molar refractivity (Wildman–Crippen MR) is 83.8 cm³/mol. The molecule has 0 fully saturated rings. The number of H-pyrrole nitrogens is 1. The van der Waals surface area contributed by atoms with Gasteiger partial charge in [-0.2, -0.15) is 13.2 Å². The number of amides is 2. The quantitative estimate of drug-likeness (QED) is 0.649. The molecule has 2 amide bonds. The van der Waals surface area contributed by atoms with E-state index in [0.717, 1.165) is 0 Å². The molecule has 3 heterocycles. The highest BCUT2D eigenvalue weighted by molar-refractivity contribution is 6.08. The molecule has 3 N–H and O–H groups in total. The van der Waals surface area contributed by atoms with Crippen molar-refractivity contribution in [2.45, 2.75) is 18.3 Å². The molecular weight excluding hydrogens is 373 g/mol. The lowest BCUT2D eigenvalue weighted by molar-refractivity contribution is -0.200. The minimum absolute atomic E-state index is 0.181. The van der Waals surface area contributed by atoms with Crippen LogP contribution in [0.25, 0.3) is 0 Å². The molecule has 0 aliphatic carbocycles. The van der Waals surface area contributed by atoms with E-state index in [2.05, 4.69) is 6.58 Å². The lowest BCUT2D eigenvalue weighted by atomic mass is 9.92. The van der Waals surface area contributed by atoms with E-state index in [1.807, 2.05) is 5.32 Å². The molecule has 1 atom stereocenters. The zero-order chi connectivity index (χ0) is 20.0. The number of fused-ring (bicyclic) bond motifs is 1. The van der Waals surface area contributed by atoms with E-state index < -0.39 is 46.2 Å². The van der Waals surface area contributed by atoms with E-state index in [4.69, 9.17) is 4.42 Å². The Morgan fingerprint density at radius 2 is 2.07 bits per heavy atom. The van der Waals surface area contributed by atoms with Crippen molar-refractivity contribution in [3.8, 4) is 0 Å². The molecular formula is C15H11F3N4O5. The summed E-state index contributed by atoms with van der Waals surface area (Å²) in [7, 11) is 0. The number of hydrogen-bond acceptors (Lipinski definition) is 5. The average molecular weight is 384 g/mol. The molecule has 0 radical (unpaired) electrons. The molecule has 1 aliphatic heterocycles. The molecule has 1 aliphatic rings. The van der Waals surface area contributed by atoms with Crippen LogP contribution >= 0.6 is 0 Å². The Morgan fingerprint density at radius 1 is 1.37 bits per heavy atom. The van der Waals surface area contributed by atoms with E-state index in [1.165, 1.54) is 23.7 Å². The van der Waals surface area contributed by atoms with Crippen molar-refractivity contribution in [1.29, 1.82) is 0 Å². The second-order valence-electron chi connectivity index (χ2n) is 5.54. The zero-order valence-electron chi connectivity index (χ0n) is 13.3. The fourth-order valence-corrected chi connectivity index (χ4v) is 2.77. The van der Waals surface area contributed by atoms with Crippen LogP contribution in [-0.2, 0) is 21.7 Å². The number of furan rings is 1. The molecule has 2 aromatic rings. The molecule has 1 unspecified atom stereocenters. The van der Waals surface area contributed by atoms with Gasteiger partial charge in [-0.3, -0.25) is 23.9 Å². The number of aromatic amines is 1. The van der Waals surface area contributed by atoms with Crippen LogP contribution in [0.3, 0.4) is 0 Å². The number of aromatic nitrogens is 2. The van der Waals surface area contributed by atoms with Gasteiger partial charge in [-0.1, -0.05) is 6.58 Å². The molecule has 2 aromatic heterocycles. The number of carbonyl (C=O) groups excluding carboxylic acids is 2. The molecule has 0 saturated carbocycles. The first-order valence-corrected chi connectivity index (χ1v) is 7.34. The third kappa shape index (κ3) is 2.65. The SMILES string of the molecule is C=CC(=O)NC1(C(F)(F)F)C(=O)Nc2c1c(=O)[nH]c(=O)n2Cc1ccco1. The van der Waals surface area contributed by atoms with E-state index in [1.54, 1.807) is 4.98 Å². The Morgan fingerprint density at radius 3 is 2.63 bits per heavy atom. The number of anilines is 1. The topological polar surface area (TPSA) is 126 Å². The molecule has 0 spiro atoms. The van der Waals surface area contributed by atoms with Gasteiger partial charge >= 0.3 is 11.9 Å². The van der Waals surface area contributed by atoms with E-state index in [-0.39, 0.29) is 12.3 Å². The number of nitrogens with one attached hydrogen (secondary N) is 3. The van der Waals surface area contributed by atoms with Crippen LogP contribution in [-0.4, -0.2) is 27.5 Å². The third-order valence-corrected chi connectivity index (χ3v) is 3.96. The molecule has 3 rings (SSSR count). The lowest BCUT2D eigenvalue weighted by Gasteiger charge is -2.29. The van der Waals surface area contributed by atoms with E-state index in [0.29, 0.717) is 10.6 Å². The molecule has 0 bridgehead atoms. The second kappa shape index (κ2) is 6.00. The molecule has 0 saturated heterocycles. The summed E-state index contributed by atoms with van der Waals surface area (Å²) in [6, 6.07) is 2.92. The van der Waals surface area contributed by atoms with Crippen LogP contribution < -0.4 is 21.9 Å². The van der Waals surface area contributed by atoms with Gasteiger partial charge in [-0.15, -0.1) is 0 Å². The fraction of sp³-hybridized carbons (Fsp3) is 0.200. The largest absolute Gasteiger partial charge is 0.467 e. The molecule has 0 aromatic carbocycles. The molecule has 27 heavy (non-hydrogen) atoms. The number of hydrogen-bond donors (Lipinski definition) is 3. The van der Waals surface area contributed by atoms with Gasteiger partial charge in [0, 0.05) is 0 Å². The maximum absolute atomic E-state index is 13.9. The van der Waals surface area contributed by atoms with Crippen LogP contribution in [0.5, 0.6) is 0 Å². The van der Waals surface area contributed by atoms with Gasteiger partial charge in [0.15, 0.2) is 0 Å². The van der Waals surface area contributed by atoms with Crippen molar-refractivity contribution >= 4 is 17.6 Å². The van der Waals surface area contributed by atoms with Crippen LogP contribution in [0.15, 0.2) is 45.1 Å². The van der Waals surface area contributed by atoms with Gasteiger partial charge in [0.05, 0.1) is 12.8 Å². The normalized spacial score (nSPS) is 18.7. The van der Waals surface area contributed by atoms with Crippen molar-refractivity contribution in [1.82, 2.24) is 14.9 Å². The summed E-state index contributed by atoms with van der Waals surface area (Å²) in [5.74, 6) is -3.57. The Labute approximate surface area is 147 Å². The van der Waals surface area contributed by atoms with Gasteiger partial charge < -0.3 is 15.1 Å². The monoisotopic (exact) mass is 384 g/mol. The first-order valence-electron chi connectivity index (χ1n) is 7.34. The summed E-state index contributed by atoms with van der Waals surface area (Å²) >= 11 is 0. The highest BCUT2D eigenvalue weighted by Crippen LogP contribution is 2.44. The highest BCUT2D eigenvalue weighted by Gasteiger charge is 2.68. The average Bonchev–Trinajstić information content (AvgIpc) is 3.18. The first kappa shape index (κ1) is 18.2. The minimum atomic E-state index is -5.39. The molecule has 12 heteroatoms. The predicted octanol–water partition coefficient (Wildman–Crippen LogP) is 0.190. The summed E-state index contributed by atoms with van der Waals surface area (Å²) in [5.41, 5.74) is -7.37. The van der Waals surface area contributed by atoms with Crippen molar-refractivity contribution in [3.05, 3.63) is 63.2 Å². The zero-order valence-corrected chi connectivity index (χ0v) is 13.3. The van der Waals surface area contributed by atoms with Crippen LogP contribution in [0.1, 0.15) is 11.3 Å². The molecule has 9 nitrogen and oxygen atoms in total. The number of rotatable bonds is 4. The maximum atomic E-state index is 13.9. The summed E-state index contributed by atoms with van der Waals surface area (Å²) in [6.07, 6.45) is -3.60. The van der Waals surface area contributed by atoms with Gasteiger partial charge in [-0.05, 0) is 18.2 Å². The smallest absolute Gasteiger partial charge is 0.425 e. The van der Waals surface area contributed by atoms with E-state index in [9.17, 15) is 32.3 Å². The first-order chi connectivity index (χ1) is 12.6. The standard InChI is InChI=1S/C15H11F3N4O5/c1-2-8(23)21-14(15(16,17)18)9-10(19-12(14)25)22(13(26)20-11(9)24)6-7-4-3-5-27-7/h2-5H,1,6H2,(H,19,25)(H,21,23)(H,20,24,26). The number of alkyl halides is 3. The fourth-order valence-electron chi connectivity index (χ4n) is 2.77. The van der Waals surface area contributed by atoms with Gasteiger partial charge in [0.1, 0.15) is 17.1 Å². The Balaban J connectivity index is 2.31. The van der Waals surface area contributed by atoms with Crippen molar-refractivity contribution in [3.63, 3.8) is 0 Å². The Hall–Kier alpha value is -3.57. The number of carbonyl (C=O) groups is 2. The van der Waals surface area contributed by atoms with Gasteiger partial charge in [0.2, 0.25) is 5.91 Å². The van der Waals surface area contributed by atoms with Crippen molar-refractivity contribution in [2.75, 3.05) is 5.32 Å². The summed E-state index contributed by atoms with van der Waals surface area (Å²) < 4.78 is 47.3. The van der Waals surface area contributed by atoms with Crippen molar-refractivity contribution in [2.24, 2.45) is 0 Å². The lowest BCUT2D eigenvalue weighted by Crippen LogP contribution is -2.61. The van der Waals surface area contributed by atoms with E-state index >= 15 is 0 Å². The maximum Gasteiger partial charge on any atom is 0.425 e. The van der Waals surface area contributed by atoms with Crippen LogP contribution in [0.2, 0.25) is 0 Å². The van der Waals surface area contributed by atoms with Gasteiger partial charge in [0.25, 0.3) is 17.0 Å². The second-order valence-corrected chi connectivity index (χ2v) is 5.54. The van der Waals surface area contributed by atoms with Crippen LogP contribution in [0, 0.1) is 0 Å². The van der Waals surface area contributed by atoms with Gasteiger partial charge in [-0.25, -0.2) is 4.79 Å². The van der Waals surface area contributed by atoms with Crippen LogP contribution in [0.4, 0.5) is 19.0 Å². The number of halogens is 3. The number of nitrogens with zero attached hydrogens (tertiary/aromatic N) is 1. The van der Waals surface area contributed by atoms with Crippen molar-refractivity contribution < 1.29 is 27.2 Å². The highest BCUT2D eigenvalue weighted by atomic mass is 19.4. The minimum Gasteiger partial charge on any atom is -0.467 e. The third-order valence-electron chi connectivity index (χ3n) is 3.96. The molecule has 142 valence electrons. The Kier molecular flexibility index (Phi) is 4.05. The summed E-state index contributed by atoms with van der Waals surface area (Å²) in [6.45, 7) is 2.67. The summed E-state index contributed by atoms with van der Waals surface area (Å²) in [4.78, 5) is 49.9. The Bertz CT molecular complexity index is 1050.